The van der Waals surface area contributed by atoms with Crippen molar-refractivity contribution < 1.29 is 23.1 Å². The van der Waals surface area contributed by atoms with Crippen LogP contribution in [0.15, 0.2) is 40.8 Å². The Bertz CT molecular complexity index is 751. The quantitative estimate of drug-likeness (QED) is 0.870. The van der Waals surface area contributed by atoms with Gasteiger partial charge < -0.3 is 19.4 Å². The van der Waals surface area contributed by atoms with E-state index in [1.54, 1.807) is 17.0 Å². The molecule has 25 heavy (non-hydrogen) atoms. The predicted octanol–water partition coefficient (Wildman–Crippen LogP) is 2.21. The summed E-state index contributed by atoms with van der Waals surface area (Å²) in [6.07, 6.45) is 0. The molecule has 1 N–H and O–H groups in total. The number of hydrogen-bond donors (Lipinski definition) is 1. The number of hydrogen-bond acceptors (Lipinski definition) is 4. The lowest BCUT2D eigenvalue weighted by molar-refractivity contribution is -0.128. The molecule has 1 aromatic heterocycles. The van der Waals surface area contributed by atoms with E-state index in [1.807, 2.05) is 6.92 Å². The molecule has 1 aliphatic heterocycles. The van der Waals surface area contributed by atoms with E-state index in [-0.39, 0.29) is 35.9 Å². The van der Waals surface area contributed by atoms with Crippen LogP contribution in [0.2, 0.25) is 0 Å². The molecule has 1 aliphatic rings. The topological polar surface area (TPSA) is 71.8 Å². The molecule has 2 amide bonds. The smallest absolute Gasteiger partial charge is 0.289 e. The van der Waals surface area contributed by atoms with Crippen LogP contribution in [0.5, 0.6) is 5.75 Å². The van der Waals surface area contributed by atoms with Crippen molar-refractivity contribution in [1.82, 2.24) is 10.2 Å². The molecule has 132 valence electrons. The first-order chi connectivity index (χ1) is 12.1. The summed E-state index contributed by atoms with van der Waals surface area (Å²) in [6.45, 7) is 3.37. The van der Waals surface area contributed by atoms with Gasteiger partial charge in [0.25, 0.3) is 5.91 Å². The number of halogens is 1. The van der Waals surface area contributed by atoms with Gasteiger partial charge in [0.1, 0.15) is 23.9 Å². The van der Waals surface area contributed by atoms with Gasteiger partial charge in [-0.2, -0.15) is 0 Å². The highest BCUT2D eigenvalue weighted by atomic mass is 19.1. The number of ether oxygens (including phenoxy) is 1. The van der Waals surface area contributed by atoms with Crippen LogP contribution in [0.3, 0.4) is 0 Å². The lowest BCUT2D eigenvalue weighted by Crippen LogP contribution is -2.55. The van der Waals surface area contributed by atoms with Crippen LogP contribution in [-0.2, 0) is 11.4 Å². The van der Waals surface area contributed by atoms with Crippen molar-refractivity contribution >= 4 is 11.8 Å². The fourth-order valence-electron chi connectivity index (χ4n) is 2.54. The standard InChI is InChI=1S/C18H19FN2O4/c1-2-20-17(22)12-9-21(10-12)18(23)16-8-7-15(25-16)11-24-14-5-3-13(19)4-6-14/h3-8,12H,2,9-11H2,1H3,(H,20,22). The minimum absolute atomic E-state index is 0.0284. The summed E-state index contributed by atoms with van der Waals surface area (Å²) in [5.74, 6) is 0.463. The average molecular weight is 346 g/mol. The van der Waals surface area contributed by atoms with Crippen LogP contribution >= 0.6 is 0 Å². The van der Waals surface area contributed by atoms with Gasteiger partial charge in [-0.15, -0.1) is 0 Å². The van der Waals surface area contributed by atoms with Crippen LogP contribution in [0, 0.1) is 11.7 Å². The molecular weight excluding hydrogens is 327 g/mol. The predicted molar refractivity (Wildman–Crippen MR) is 87.5 cm³/mol. The van der Waals surface area contributed by atoms with E-state index in [0.29, 0.717) is 31.1 Å². The van der Waals surface area contributed by atoms with Crippen molar-refractivity contribution in [3.8, 4) is 5.75 Å². The fraction of sp³-hybridized carbons (Fsp3) is 0.333. The lowest BCUT2D eigenvalue weighted by Gasteiger charge is -2.37. The molecule has 0 bridgehead atoms. The van der Waals surface area contributed by atoms with E-state index in [4.69, 9.17) is 9.15 Å². The first kappa shape index (κ1) is 17.0. The highest BCUT2D eigenvalue weighted by Gasteiger charge is 2.36. The molecule has 6 nitrogen and oxygen atoms in total. The van der Waals surface area contributed by atoms with Crippen molar-refractivity contribution in [2.24, 2.45) is 5.92 Å². The third kappa shape index (κ3) is 3.99. The van der Waals surface area contributed by atoms with Gasteiger partial charge >= 0.3 is 0 Å². The molecular formula is C18H19FN2O4. The third-order valence-electron chi connectivity index (χ3n) is 3.96. The number of rotatable bonds is 6. The molecule has 1 fully saturated rings. The summed E-state index contributed by atoms with van der Waals surface area (Å²) < 4.78 is 23.8. The molecule has 0 spiro atoms. The summed E-state index contributed by atoms with van der Waals surface area (Å²) >= 11 is 0. The van der Waals surface area contributed by atoms with Gasteiger partial charge in [0.05, 0.1) is 5.92 Å². The van der Waals surface area contributed by atoms with Gasteiger partial charge in [-0.25, -0.2) is 4.39 Å². The number of likely N-dealkylation sites (tertiary alicyclic amines) is 1. The number of nitrogens with one attached hydrogen (secondary N) is 1. The molecule has 0 aliphatic carbocycles. The number of carbonyl (C=O) groups is 2. The number of carbonyl (C=O) groups excluding carboxylic acids is 2. The molecule has 0 atom stereocenters. The van der Waals surface area contributed by atoms with Crippen molar-refractivity contribution in [1.29, 1.82) is 0 Å². The normalized spacial score (nSPS) is 14.1. The Morgan fingerprint density at radius 3 is 2.64 bits per heavy atom. The monoisotopic (exact) mass is 346 g/mol. The summed E-state index contributed by atoms with van der Waals surface area (Å²) in [7, 11) is 0. The SMILES string of the molecule is CCNC(=O)C1CN(C(=O)c2ccc(COc3ccc(F)cc3)o2)C1. The number of amides is 2. The molecule has 1 saturated heterocycles. The Balaban J connectivity index is 1.50. The average Bonchev–Trinajstić information content (AvgIpc) is 3.02. The first-order valence-corrected chi connectivity index (χ1v) is 8.11. The lowest BCUT2D eigenvalue weighted by atomic mass is 9.99. The Morgan fingerprint density at radius 2 is 1.96 bits per heavy atom. The highest BCUT2D eigenvalue weighted by molar-refractivity contribution is 5.93. The third-order valence-corrected chi connectivity index (χ3v) is 3.96. The second-order valence-corrected chi connectivity index (χ2v) is 5.81. The molecule has 3 rings (SSSR count). The highest BCUT2D eigenvalue weighted by Crippen LogP contribution is 2.21. The first-order valence-electron chi connectivity index (χ1n) is 8.11. The number of nitrogens with zero attached hydrogens (tertiary/aromatic N) is 1. The van der Waals surface area contributed by atoms with Crippen LogP contribution in [0.4, 0.5) is 4.39 Å². The summed E-state index contributed by atoms with van der Waals surface area (Å²) in [6, 6.07) is 8.91. The van der Waals surface area contributed by atoms with E-state index < -0.39 is 0 Å². The van der Waals surface area contributed by atoms with Crippen molar-refractivity contribution in [3.63, 3.8) is 0 Å². The van der Waals surface area contributed by atoms with Gasteiger partial charge in [0.2, 0.25) is 5.91 Å². The van der Waals surface area contributed by atoms with Gasteiger partial charge in [-0.05, 0) is 43.3 Å². The van der Waals surface area contributed by atoms with Crippen molar-refractivity contribution in [3.05, 3.63) is 53.7 Å². The minimum Gasteiger partial charge on any atom is -0.486 e. The fourth-order valence-corrected chi connectivity index (χ4v) is 2.54. The van der Waals surface area contributed by atoms with Crippen LogP contribution in [-0.4, -0.2) is 36.3 Å². The van der Waals surface area contributed by atoms with Crippen molar-refractivity contribution in [2.45, 2.75) is 13.5 Å². The Hall–Kier alpha value is -2.83. The van der Waals surface area contributed by atoms with Crippen molar-refractivity contribution in [2.75, 3.05) is 19.6 Å². The van der Waals surface area contributed by atoms with E-state index in [9.17, 15) is 14.0 Å². The molecule has 0 radical (unpaired) electrons. The van der Waals surface area contributed by atoms with Crippen LogP contribution in [0.1, 0.15) is 23.2 Å². The van der Waals surface area contributed by atoms with E-state index in [0.717, 1.165) is 0 Å². The second kappa shape index (κ2) is 7.38. The van der Waals surface area contributed by atoms with Crippen LogP contribution in [0.25, 0.3) is 0 Å². The Labute approximate surface area is 144 Å². The zero-order valence-corrected chi connectivity index (χ0v) is 13.8. The summed E-state index contributed by atoms with van der Waals surface area (Å²) in [5, 5.41) is 2.75. The summed E-state index contributed by atoms with van der Waals surface area (Å²) in [4.78, 5) is 25.5. The maximum Gasteiger partial charge on any atom is 0.289 e. The van der Waals surface area contributed by atoms with Crippen LogP contribution < -0.4 is 10.1 Å². The molecule has 0 unspecified atom stereocenters. The molecule has 2 aromatic rings. The largest absolute Gasteiger partial charge is 0.486 e. The van der Waals surface area contributed by atoms with E-state index >= 15 is 0 Å². The minimum atomic E-state index is -0.335. The number of furan rings is 1. The zero-order valence-electron chi connectivity index (χ0n) is 13.8. The van der Waals surface area contributed by atoms with Gasteiger partial charge in [-0.3, -0.25) is 9.59 Å². The van der Waals surface area contributed by atoms with E-state index in [2.05, 4.69) is 5.32 Å². The van der Waals surface area contributed by atoms with Gasteiger partial charge in [-0.1, -0.05) is 0 Å². The van der Waals surface area contributed by atoms with E-state index in [1.165, 1.54) is 24.3 Å². The summed E-state index contributed by atoms with van der Waals surface area (Å²) in [5.41, 5.74) is 0. The Kier molecular flexibility index (Phi) is 5.02. The maximum atomic E-state index is 12.8. The number of benzene rings is 1. The molecule has 1 aromatic carbocycles. The zero-order chi connectivity index (χ0) is 17.8. The Morgan fingerprint density at radius 1 is 1.24 bits per heavy atom. The van der Waals surface area contributed by atoms with Gasteiger partial charge in [0.15, 0.2) is 5.76 Å². The molecule has 7 heteroatoms. The second-order valence-electron chi connectivity index (χ2n) is 5.81. The maximum absolute atomic E-state index is 12.8. The van der Waals surface area contributed by atoms with Gasteiger partial charge in [0, 0.05) is 19.6 Å². The molecule has 2 heterocycles. The molecule has 0 saturated carbocycles.